The zero-order valence-corrected chi connectivity index (χ0v) is 24.2. The zero-order chi connectivity index (χ0) is 30.1. The molecule has 0 aliphatic heterocycles. The van der Waals surface area contributed by atoms with E-state index in [2.05, 4.69) is 22.9 Å². The molecule has 43 heavy (non-hydrogen) atoms. The van der Waals surface area contributed by atoms with E-state index >= 15 is 0 Å². The van der Waals surface area contributed by atoms with E-state index in [9.17, 15) is 18.0 Å². The van der Waals surface area contributed by atoms with Crippen molar-refractivity contribution in [2.24, 2.45) is 5.92 Å². The van der Waals surface area contributed by atoms with Gasteiger partial charge in [-0.25, -0.2) is 14.8 Å². The summed E-state index contributed by atoms with van der Waals surface area (Å²) < 4.78 is 44.3. The minimum atomic E-state index is -4.50. The first-order valence-electron chi connectivity index (χ1n) is 13.8. The molecule has 7 nitrogen and oxygen atoms in total. The highest BCUT2D eigenvalue weighted by atomic mass is 32.1. The van der Waals surface area contributed by atoms with Crippen molar-refractivity contribution in [3.63, 3.8) is 0 Å². The maximum atomic E-state index is 13.0. The number of hydrogen-bond acceptors (Lipinski definition) is 6. The van der Waals surface area contributed by atoms with Crippen LogP contribution in [0.3, 0.4) is 0 Å². The van der Waals surface area contributed by atoms with E-state index in [1.54, 1.807) is 30.6 Å². The molecule has 0 fully saturated rings. The molecule has 0 spiro atoms. The molecule has 1 unspecified atom stereocenters. The standard InChI is InChI=1S/C32H28F3N5O2S/c1-18-6-15-26-25(16-18)27-29(39-28(40-30(27)43-26)19-7-13-24(42-2)14-8-19)36-21-9-11-22(12-10-21)37-31(41)38-23-5-3-4-20(17-23)32(33,34)35/h3-5,7-14,17-18H,6,15-16H2,1-2H3,(H,36,39,40)(H2,37,38,41). The first kappa shape index (κ1) is 28.5. The van der Waals surface area contributed by atoms with Crippen LogP contribution in [0.5, 0.6) is 5.75 Å². The van der Waals surface area contributed by atoms with Gasteiger partial charge in [0.2, 0.25) is 0 Å². The second kappa shape index (κ2) is 11.6. The average molecular weight is 604 g/mol. The number of ether oxygens (including phenoxy) is 1. The molecule has 2 heterocycles. The number of amides is 2. The van der Waals surface area contributed by atoms with Crippen LogP contribution in [0.4, 0.5) is 40.8 Å². The molecule has 0 radical (unpaired) electrons. The number of benzene rings is 3. The Morgan fingerprint density at radius 1 is 0.953 bits per heavy atom. The fourth-order valence-electron chi connectivity index (χ4n) is 5.15. The van der Waals surface area contributed by atoms with E-state index in [0.29, 0.717) is 23.2 Å². The van der Waals surface area contributed by atoms with E-state index in [4.69, 9.17) is 14.7 Å². The number of aryl methyl sites for hydroxylation is 1. The highest BCUT2D eigenvalue weighted by Crippen LogP contribution is 2.42. The number of nitrogens with one attached hydrogen (secondary N) is 3. The van der Waals surface area contributed by atoms with Crippen LogP contribution in [0.1, 0.15) is 29.3 Å². The zero-order valence-electron chi connectivity index (χ0n) is 23.4. The fraction of sp³-hybridized carbons (Fsp3) is 0.219. The Hall–Kier alpha value is -4.64. The molecular formula is C32H28F3N5O2S. The molecule has 1 atom stereocenters. The summed E-state index contributed by atoms with van der Waals surface area (Å²) in [6.45, 7) is 2.26. The molecule has 1 aliphatic carbocycles. The number of aromatic nitrogens is 2. The lowest BCUT2D eigenvalue weighted by Crippen LogP contribution is -2.19. The molecule has 2 amide bonds. The summed E-state index contributed by atoms with van der Waals surface area (Å²) in [5.74, 6) is 2.65. The van der Waals surface area contributed by atoms with Gasteiger partial charge in [-0.3, -0.25) is 0 Å². The average Bonchev–Trinajstić information content (AvgIpc) is 3.36. The Morgan fingerprint density at radius 2 is 1.67 bits per heavy atom. The number of thiophene rings is 1. The van der Waals surface area contributed by atoms with Gasteiger partial charge in [0, 0.05) is 27.5 Å². The number of rotatable bonds is 6. The molecule has 3 aromatic carbocycles. The summed E-state index contributed by atoms with van der Waals surface area (Å²) in [6, 6.07) is 18.5. The maximum absolute atomic E-state index is 13.0. The molecule has 11 heteroatoms. The molecule has 0 saturated carbocycles. The van der Waals surface area contributed by atoms with Crippen molar-refractivity contribution in [1.82, 2.24) is 9.97 Å². The van der Waals surface area contributed by atoms with Crippen molar-refractivity contribution in [3.05, 3.63) is 88.8 Å². The number of anilines is 4. The van der Waals surface area contributed by atoms with Crippen molar-refractivity contribution in [3.8, 4) is 17.1 Å². The first-order chi connectivity index (χ1) is 20.7. The van der Waals surface area contributed by atoms with Gasteiger partial charge in [-0.15, -0.1) is 11.3 Å². The molecule has 0 bridgehead atoms. The smallest absolute Gasteiger partial charge is 0.416 e. The van der Waals surface area contributed by atoms with Crippen LogP contribution in [0.25, 0.3) is 21.6 Å². The molecule has 220 valence electrons. The van der Waals surface area contributed by atoms with Gasteiger partial charge in [0.15, 0.2) is 5.82 Å². The van der Waals surface area contributed by atoms with Crippen molar-refractivity contribution < 1.29 is 22.7 Å². The van der Waals surface area contributed by atoms with E-state index in [0.717, 1.165) is 58.6 Å². The van der Waals surface area contributed by atoms with Crippen molar-refractivity contribution in [2.75, 3.05) is 23.1 Å². The van der Waals surface area contributed by atoms with Crippen molar-refractivity contribution >= 4 is 50.5 Å². The number of hydrogen-bond donors (Lipinski definition) is 3. The normalized spacial score (nSPS) is 14.7. The Labute approximate surface area is 250 Å². The van der Waals surface area contributed by atoms with Gasteiger partial charge in [-0.1, -0.05) is 13.0 Å². The second-order valence-electron chi connectivity index (χ2n) is 10.5. The predicted octanol–water partition coefficient (Wildman–Crippen LogP) is 8.90. The monoisotopic (exact) mass is 603 g/mol. The van der Waals surface area contributed by atoms with Gasteiger partial charge in [0.1, 0.15) is 16.4 Å². The van der Waals surface area contributed by atoms with Gasteiger partial charge in [-0.05, 0) is 97.5 Å². The van der Waals surface area contributed by atoms with E-state index < -0.39 is 17.8 Å². The minimum absolute atomic E-state index is 0.0412. The molecule has 2 aromatic heterocycles. The number of methoxy groups -OCH3 is 1. The molecule has 1 aliphatic rings. The SMILES string of the molecule is COc1ccc(-c2nc(Nc3ccc(NC(=O)Nc4cccc(C(F)(F)F)c4)cc3)c3c4c(sc3n2)CCC(C)C4)cc1. The predicted molar refractivity (Wildman–Crippen MR) is 164 cm³/mol. The summed E-state index contributed by atoms with van der Waals surface area (Å²) in [4.78, 5) is 24.7. The molecular weight excluding hydrogens is 575 g/mol. The third-order valence-electron chi connectivity index (χ3n) is 7.35. The number of nitrogens with zero attached hydrogens (tertiary/aromatic N) is 2. The summed E-state index contributed by atoms with van der Waals surface area (Å²) >= 11 is 1.72. The maximum Gasteiger partial charge on any atom is 0.416 e. The van der Waals surface area contributed by atoms with Crippen LogP contribution in [0.15, 0.2) is 72.8 Å². The second-order valence-corrected chi connectivity index (χ2v) is 11.6. The molecule has 6 rings (SSSR count). The number of carbonyl (C=O) groups excluding carboxylic acids is 1. The number of urea groups is 1. The van der Waals surface area contributed by atoms with Crippen LogP contribution in [-0.2, 0) is 19.0 Å². The van der Waals surface area contributed by atoms with Gasteiger partial charge >= 0.3 is 12.2 Å². The summed E-state index contributed by atoms with van der Waals surface area (Å²) in [7, 11) is 1.63. The fourth-order valence-corrected chi connectivity index (χ4v) is 6.37. The molecule has 0 saturated heterocycles. The third kappa shape index (κ3) is 6.26. The van der Waals surface area contributed by atoms with Crippen LogP contribution in [0.2, 0.25) is 0 Å². The van der Waals surface area contributed by atoms with Gasteiger partial charge in [0.05, 0.1) is 18.1 Å². The number of carbonyl (C=O) groups is 1. The van der Waals surface area contributed by atoms with Crippen LogP contribution >= 0.6 is 11.3 Å². The molecule has 3 N–H and O–H groups in total. The first-order valence-corrected chi connectivity index (χ1v) is 14.6. The van der Waals surface area contributed by atoms with Crippen LogP contribution in [-0.4, -0.2) is 23.1 Å². The molecule has 5 aromatic rings. The van der Waals surface area contributed by atoms with E-state index in [-0.39, 0.29) is 5.69 Å². The Bertz CT molecular complexity index is 1790. The third-order valence-corrected chi connectivity index (χ3v) is 8.54. The highest BCUT2D eigenvalue weighted by molar-refractivity contribution is 7.19. The van der Waals surface area contributed by atoms with E-state index in [1.807, 2.05) is 36.4 Å². The van der Waals surface area contributed by atoms with Gasteiger partial charge in [0.25, 0.3) is 0 Å². The lowest BCUT2D eigenvalue weighted by Gasteiger charge is -2.19. The Morgan fingerprint density at radius 3 is 2.40 bits per heavy atom. The topological polar surface area (TPSA) is 88.2 Å². The number of halogens is 3. The van der Waals surface area contributed by atoms with E-state index in [1.165, 1.54) is 22.6 Å². The highest BCUT2D eigenvalue weighted by Gasteiger charge is 2.30. The van der Waals surface area contributed by atoms with Gasteiger partial charge in [-0.2, -0.15) is 13.2 Å². The quantitative estimate of drug-likeness (QED) is 0.180. The van der Waals surface area contributed by atoms with Crippen molar-refractivity contribution in [1.29, 1.82) is 0 Å². The van der Waals surface area contributed by atoms with Crippen molar-refractivity contribution in [2.45, 2.75) is 32.4 Å². The summed E-state index contributed by atoms with van der Waals surface area (Å²) in [6.07, 6.45) is -1.35. The Balaban J connectivity index is 1.24. The Kier molecular flexibility index (Phi) is 7.66. The van der Waals surface area contributed by atoms with Crippen LogP contribution < -0.4 is 20.7 Å². The lowest BCUT2D eigenvalue weighted by atomic mass is 9.88. The summed E-state index contributed by atoms with van der Waals surface area (Å²) in [5.41, 5.74) is 2.61. The number of fused-ring (bicyclic) bond motifs is 3. The largest absolute Gasteiger partial charge is 0.497 e. The minimum Gasteiger partial charge on any atom is -0.497 e. The van der Waals surface area contributed by atoms with Crippen LogP contribution in [0, 0.1) is 5.92 Å². The van der Waals surface area contributed by atoms with Gasteiger partial charge < -0.3 is 20.7 Å². The lowest BCUT2D eigenvalue weighted by molar-refractivity contribution is -0.137. The number of alkyl halides is 3. The summed E-state index contributed by atoms with van der Waals surface area (Å²) in [5, 5.41) is 9.61.